The molecule has 0 unspecified atom stereocenters. The first-order chi connectivity index (χ1) is 13.6. The Morgan fingerprint density at radius 2 is 2.11 bits per heavy atom. The maximum atomic E-state index is 13.3. The van der Waals surface area contributed by atoms with Crippen molar-refractivity contribution in [2.45, 2.75) is 38.7 Å². The molecule has 0 bridgehead atoms. The zero-order valence-electron chi connectivity index (χ0n) is 15.8. The zero-order chi connectivity index (χ0) is 19.3. The lowest BCUT2D eigenvalue weighted by molar-refractivity contribution is 0.0213. The van der Waals surface area contributed by atoms with Crippen molar-refractivity contribution >= 4 is 6.08 Å². The van der Waals surface area contributed by atoms with Crippen LogP contribution >= 0.6 is 0 Å². The number of nitrogens with zero attached hydrogens (tertiary/aromatic N) is 2. The molecule has 2 aliphatic rings. The van der Waals surface area contributed by atoms with Gasteiger partial charge in [-0.1, -0.05) is 12.5 Å². The third-order valence-corrected chi connectivity index (χ3v) is 6.61. The first kappa shape index (κ1) is 17.4. The Labute approximate surface area is 163 Å². The second-order valence-electron chi connectivity index (χ2n) is 8.21. The van der Waals surface area contributed by atoms with Gasteiger partial charge in [-0.2, -0.15) is 5.10 Å². The van der Waals surface area contributed by atoms with Crippen molar-refractivity contribution in [2.75, 3.05) is 0 Å². The van der Waals surface area contributed by atoms with Gasteiger partial charge >= 0.3 is 0 Å². The van der Waals surface area contributed by atoms with E-state index in [9.17, 15) is 9.50 Å². The van der Waals surface area contributed by atoms with Crippen molar-refractivity contribution < 1.29 is 13.9 Å². The number of aliphatic hydroxyl groups is 1. The molecule has 1 saturated carbocycles. The van der Waals surface area contributed by atoms with E-state index in [-0.39, 0.29) is 17.2 Å². The zero-order valence-corrected chi connectivity index (χ0v) is 15.8. The molecule has 1 fully saturated rings. The molecular weight excluding hydrogens is 355 g/mol. The van der Waals surface area contributed by atoms with E-state index in [2.05, 4.69) is 18.1 Å². The quantitative estimate of drug-likeness (QED) is 0.691. The SMILES string of the molecule is C[C@]12Cc3cnn(-c4ccc(F)cc4)c3C=C1CCC[C@@H]2[C@@H](O)c1ccoc1. The van der Waals surface area contributed by atoms with Crippen LogP contribution in [0.3, 0.4) is 0 Å². The van der Waals surface area contributed by atoms with Crippen molar-refractivity contribution in [2.24, 2.45) is 11.3 Å². The predicted molar refractivity (Wildman–Crippen MR) is 104 cm³/mol. The topological polar surface area (TPSA) is 51.2 Å². The van der Waals surface area contributed by atoms with Gasteiger partial charge in [-0.05, 0) is 79.0 Å². The Kier molecular flexibility index (Phi) is 4.02. The number of benzene rings is 1. The molecule has 0 radical (unpaired) electrons. The highest BCUT2D eigenvalue weighted by atomic mass is 19.1. The van der Waals surface area contributed by atoms with Crippen LogP contribution in [0.4, 0.5) is 4.39 Å². The molecule has 4 nitrogen and oxygen atoms in total. The van der Waals surface area contributed by atoms with E-state index in [1.807, 2.05) is 16.9 Å². The van der Waals surface area contributed by atoms with Gasteiger partial charge in [-0.15, -0.1) is 0 Å². The fourth-order valence-corrected chi connectivity index (χ4v) is 5.05. The number of allylic oxidation sites excluding steroid dienone is 1. The minimum atomic E-state index is -0.541. The van der Waals surface area contributed by atoms with Gasteiger partial charge < -0.3 is 9.52 Å². The third-order valence-electron chi connectivity index (χ3n) is 6.61. The third kappa shape index (κ3) is 2.65. The predicted octanol–water partition coefficient (Wildman–Crippen LogP) is 5.08. The lowest BCUT2D eigenvalue weighted by Gasteiger charge is -2.47. The van der Waals surface area contributed by atoms with E-state index < -0.39 is 6.10 Å². The molecule has 0 spiro atoms. The summed E-state index contributed by atoms with van der Waals surface area (Å²) in [6, 6.07) is 8.28. The van der Waals surface area contributed by atoms with Crippen LogP contribution in [0.1, 0.15) is 49.1 Å². The molecule has 2 aromatic heterocycles. The molecule has 144 valence electrons. The normalized spacial score (nSPS) is 25.0. The summed E-state index contributed by atoms with van der Waals surface area (Å²) >= 11 is 0. The van der Waals surface area contributed by atoms with E-state index in [1.165, 1.54) is 23.3 Å². The van der Waals surface area contributed by atoms with Gasteiger partial charge in [-0.3, -0.25) is 0 Å². The van der Waals surface area contributed by atoms with Crippen molar-refractivity contribution in [3.8, 4) is 5.69 Å². The molecule has 0 saturated heterocycles. The molecule has 0 amide bonds. The average molecular weight is 378 g/mol. The number of hydrogen-bond donors (Lipinski definition) is 1. The summed E-state index contributed by atoms with van der Waals surface area (Å²) in [6.45, 7) is 2.27. The fourth-order valence-electron chi connectivity index (χ4n) is 5.05. The Morgan fingerprint density at radius 3 is 2.86 bits per heavy atom. The summed E-state index contributed by atoms with van der Waals surface area (Å²) in [5, 5.41) is 15.6. The number of hydrogen-bond acceptors (Lipinski definition) is 3. The number of furan rings is 1. The highest BCUT2D eigenvalue weighted by molar-refractivity contribution is 5.61. The van der Waals surface area contributed by atoms with E-state index in [1.54, 1.807) is 24.7 Å². The standard InChI is InChI=1S/C23H23FN2O2/c1-23-12-16-13-25-26(19-7-5-18(24)6-8-19)21(16)11-17(23)3-2-4-20(23)22(27)15-9-10-28-14-15/h5-11,13-14,20,22,27H,2-4,12H2,1H3/t20-,22+,23+/m1/s1. The van der Waals surface area contributed by atoms with Crippen LogP contribution in [-0.4, -0.2) is 14.9 Å². The smallest absolute Gasteiger partial charge is 0.123 e. The Bertz CT molecular complexity index is 1020. The van der Waals surface area contributed by atoms with Gasteiger partial charge in [0.2, 0.25) is 0 Å². The molecule has 3 atom stereocenters. The van der Waals surface area contributed by atoms with E-state index in [4.69, 9.17) is 4.42 Å². The van der Waals surface area contributed by atoms with Crippen LogP contribution in [0.15, 0.2) is 59.0 Å². The Hall–Kier alpha value is -2.66. The number of aromatic nitrogens is 2. The minimum Gasteiger partial charge on any atom is -0.472 e. The highest BCUT2D eigenvalue weighted by Crippen LogP contribution is 2.54. The van der Waals surface area contributed by atoms with E-state index in [0.717, 1.165) is 42.6 Å². The molecule has 1 aromatic carbocycles. The first-order valence-electron chi connectivity index (χ1n) is 9.80. The van der Waals surface area contributed by atoms with Crippen molar-refractivity contribution in [3.05, 3.63) is 77.3 Å². The summed E-state index contributed by atoms with van der Waals surface area (Å²) in [6.07, 6.45) is 10.8. The molecule has 2 heterocycles. The van der Waals surface area contributed by atoms with Gasteiger partial charge in [0.05, 0.1) is 36.2 Å². The minimum absolute atomic E-state index is 0.113. The molecule has 2 aliphatic carbocycles. The number of fused-ring (bicyclic) bond motifs is 2. The van der Waals surface area contributed by atoms with E-state index in [0.29, 0.717) is 0 Å². The monoisotopic (exact) mass is 378 g/mol. The van der Waals surface area contributed by atoms with Gasteiger partial charge in [0, 0.05) is 5.56 Å². The second-order valence-corrected chi connectivity index (χ2v) is 8.21. The van der Waals surface area contributed by atoms with Crippen molar-refractivity contribution in [1.82, 2.24) is 9.78 Å². The second kappa shape index (κ2) is 6.45. The molecule has 0 aliphatic heterocycles. The van der Waals surface area contributed by atoms with Crippen LogP contribution in [0.5, 0.6) is 0 Å². The maximum Gasteiger partial charge on any atom is 0.123 e. The summed E-state index contributed by atoms with van der Waals surface area (Å²) in [4.78, 5) is 0. The summed E-state index contributed by atoms with van der Waals surface area (Å²) in [5.41, 5.74) is 5.19. The molecule has 1 N–H and O–H groups in total. The fraction of sp³-hybridized carbons (Fsp3) is 0.348. The van der Waals surface area contributed by atoms with Crippen LogP contribution in [0, 0.1) is 17.2 Å². The lowest BCUT2D eigenvalue weighted by atomic mass is 9.58. The van der Waals surface area contributed by atoms with Gasteiger partial charge in [-0.25, -0.2) is 9.07 Å². The first-order valence-corrected chi connectivity index (χ1v) is 9.80. The Morgan fingerprint density at radius 1 is 1.29 bits per heavy atom. The summed E-state index contributed by atoms with van der Waals surface area (Å²) < 4.78 is 20.4. The van der Waals surface area contributed by atoms with Gasteiger partial charge in [0.25, 0.3) is 0 Å². The van der Waals surface area contributed by atoms with Crippen molar-refractivity contribution in [3.63, 3.8) is 0 Å². The Balaban J connectivity index is 1.54. The molecule has 5 rings (SSSR count). The number of rotatable bonds is 3. The average Bonchev–Trinajstić information content (AvgIpc) is 3.35. The van der Waals surface area contributed by atoms with Gasteiger partial charge in [0.15, 0.2) is 0 Å². The van der Waals surface area contributed by atoms with Crippen LogP contribution in [-0.2, 0) is 6.42 Å². The van der Waals surface area contributed by atoms with Crippen LogP contribution in [0.25, 0.3) is 11.8 Å². The molecule has 5 heteroatoms. The number of halogens is 1. The molecule has 28 heavy (non-hydrogen) atoms. The maximum absolute atomic E-state index is 13.3. The largest absolute Gasteiger partial charge is 0.472 e. The van der Waals surface area contributed by atoms with Crippen LogP contribution in [0.2, 0.25) is 0 Å². The van der Waals surface area contributed by atoms with Crippen molar-refractivity contribution in [1.29, 1.82) is 0 Å². The van der Waals surface area contributed by atoms with Gasteiger partial charge in [0.1, 0.15) is 5.82 Å². The summed E-state index contributed by atoms with van der Waals surface area (Å²) in [5.74, 6) is -0.119. The lowest BCUT2D eigenvalue weighted by Crippen LogP contribution is -2.40. The molecule has 3 aromatic rings. The summed E-state index contributed by atoms with van der Waals surface area (Å²) in [7, 11) is 0. The van der Waals surface area contributed by atoms with Crippen LogP contribution < -0.4 is 0 Å². The number of aliphatic hydroxyl groups excluding tert-OH is 1. The highest BCUT2D eigenvalue weighted by Gasteiger charge is 2.46. The van der Waals surface area contributed by atoms with E-state index >= 15 is 0 Å². The molecular formula is C23H23FN2O2.